The van der Waals surface area contributed by atoms with Crippen LogP contribution in [0.25, 0.3) is 6.08 Å². The van der Waals surface area contributed by atoms with Gasteiger partial charge >= 0.3 is 0 Å². The predicted molar refractivity (Wildman–Crippen MR) is 104 cm³/mol. The number of rotatable bonds is 5. The zero-order valence-corrected chi connectivity index (χ0v) is 15.6. The largest absolute Gasteiger partial charge is 0.371 e. The Morgan fingerprint density at radius 3 is 2.88 bits per heavy atom. The lowest BCUT2D eigenvalue weighted by Gasteiger charge is -2.27. The van der Waals surface area contributed by atoms with Crippen molar-refractivity contribution in [1.29, 1.82) is 0 Å². The summed E-state index contributed by atoms with van der Waals surface area (Å²) in [5.74, 6) is -0.132. The lowest BCUT2D eigenvalue weighted by molar-refractivity contribution is -0.128. The molecule has 2 aliphatic heterocycles. The molecule has 7 heteroatoms. The van der Waals surface area contributed by atoms with Crippen molar-refractivity contribution in [1.82, 2.24) is 10.2 Å². The van der Waals surface area contributed by atoms with Crippen LogP contribution in [0.5, 0.6) is 0 Å². The van der Waals surface area contributed by atoms with E-state index in [-0.39, 0.29) is 16.6 Å². The summed E-state index contributed by atoms with van der Waals surface area (Å²) >= 11 is 10.8. The molecule has 1 aromatic rings. The number of carbonyl (C=O) groups is 2. The Hall–Kier alpha value is -1.92. The first kappa shape index (κ1) is 17.9. The first-order valence-corrected chi connectivity index (χ1v) is 9.32. The molecule has 1 N–H and O–H groups in total. The molecule has 0 bridgehead atoms. The number of anilines is 1. The molecule has 0 radical (unpaired) electrons. The Kier molecular flexibility index (Phi) is 5.39. The summed E-state index contributed by atoms with van der Waals surface area (Å²) in [7, 11) is 0. The molecule has 0 saturated carbocycles. The smallest absolute Gasteiger partial charge is 0.265 e. The van der Waals surface area contributed by atoms with E-state index in [1.54, 1.807) is 6.08 Å². The molecule has 1 saturated heterocycles. The minimum Gasteiger partial charge on any atom is -0.371 e. The molecule has 0 aliphatic carbocycles. The Morgan fingerprint density at radius 1 is 1.36 bits per heavy atom. The number of fused-ring (bicyclic) bond motifs is 1. The van der Waals surface area contributed by atoms with Crippen LogP contribution in [0.4, 0.5) is 5.69 Å². The van der Waals surface area contributed by atoms with Gasteiger partial charge in [0.05, 0.1) is 0 Å². The van der Waals surface area contributed by atoms with E-state index in [1.807, 2.05) is 19.1 Å². The highest BCUT2D eigenvalue weighted by atomic mass is 35.5. The summed E-state index contributed by atoms with van der Waals surface area (Å²) in [5.41, 5.74) is 3.41. The van der Waals surface area contributed by atoms with Crippen LogP contribution in [0.15, 0.2) is 23.8 Å². The Morgan fingerprint density at radius 2 is 2.16 bits per heavy atom. The summed E-state index contributed by atoms with van der Waals surface area (Å²) in [5, 5.41) is 2.74. The van der Waals surface area contributed by atoms with Crippen LogP contribution in [0.1, 0.15) is 24.5 Å². The van der Waals surface area contributed by atoms with E-state index in [4.69, 9.17) is 23.8 Å². The first-order chi connectivity index (χ1) is 12.0. The number of likely N-dealkylation sites (N-methyl/N-ethyl adjacent to an activating group) is 1. The van der Waals surface area contributed by atoms with Crippen molar-refractivity contribution in [2.45, 2.75) is 19.8 Å². The Labute approximate surface area is 157 Å². The third-order valence-corrected chi connectivity index (χ3v) is 5.06. The van der Waals surface area contributed by atoms with Gasteiger partial charge < -0.3 is 4.90 Å². The van der Waals surface area contributed by atoms with E-state index in [0.717, 1.165) is 31.5 Å². The number of alkyl halides is 1. The standard InChI is InChI=1S/C18H20ClN3O2S/c1-2-22-17(24)14(16(23)20-18(22)25)11-12-4-5-15-13(10-12)6-9-21(15)8-3-7-19/h4-5,10-11H,2-3,6-9H2,1H3,(H,20,23,25). The Balaban J connectivity index is 1.86. The fourth-order valence-electron chi connectivity index (χ4n) is 3.21. The second-order valence-electron chi connectivity index (χ2n) is 6.03. The monoisotopic (exact) mass is 377 g/mol. The van der Waals surface area contributed by atoms with Crippen molar-refractivity contribution in [2.24, 2.45) is 0 Å². The molecule has 0 aromatic heterocycles. The molecule has 2 heterocycles. The number of carbonyl (C=O) groups excluding carboxylic acids is 2. The van der Waals surface area contributed by atoms with Crippen LogP contribution < -0.4 is 10.2 Å². The number of hydrogen-bond acceptors (Lipinski definition) is 4. The highest BCUT2D eigenvalue weighted by Gasteiger charge is 2.32. The summed E-state index contributed by atoms with van der Waals surface area (Å²) in [6, 6.07) is 6.04. The van der Waals surface area contributed by atoms with E-state index in [0.29, 0.717) is 12.4 Å². The van der Waals surface area contributed by atoms with Crippen LogP contribution in [-0.2, 0) is 16.0 Å². The van der Waals surface area contributed by atoms with Crippen LogP contribution in [0.2, 0.25) is 0 Å². The van der Waals surface area contributed by atoms with E-state index in [2.05, 4.69) is 16.3 Å². The Bertz CT molecular complexity index is 763. The molecule has 3 rings (SSSR count). The normalized spacial score (nSPS) is 18.8. The molecule has 2 aliphatic rings. The molecule has 2 amide bonds. The summed E-state index contributed by atoms with van der Waals surface area (Å²) in [6.45, 7) is 4.17. The quantitative estimate of drug-likeness (QED) is 0.370. The van der Waals surface area contributed by atoms with E-state index in [9.17, 15) is 9.59 Å². The maximum atomic E-state index is 12.5. The first-order valence-electron chi connectivity index (χ1n) is 8.38. The maximum absolute atomic E-state index is 12.5. The van der Waals surface area contributed by atoms with Gasteiger partial charge in [0.25, 0.3) is 11.8 Å². The van der Waals surface area contributed by atoms with Gasteiger partial charge in [0, 0.05) is 31.2 Å². The molecule has 1 aromatic carbocycles. The summed E-state index contributed by atoms with van der Waals surface area (Å²) in [4.78, 5) is 28.3. The van der Waals surface area contributed by atoms with E-state index >= 15 is 0 Å². The number of thiocarbonyl (C=S) groups is 1. The topological polar surface area (TPSA) is 52.7 Å². The van der Waals surface area contributed by atoms with Crippen molar-refractivity contribution in [3.8, 4) is 0 Å². The lowest BCUT2D eigenvalue weighted by Crippen LogP contribution is -2.53. The number of nitrogens with one attached hydrogen (secondary N) is 1. The van der Waals surface area contributed by atoms with Crippen LogP contribution in [0, 0.1) is 0 Å². The van der Waals surface area contributed by atoms with Gasteiger partial charge in [0.2, 0.25) is 0 Å². The van der Waals surface area contributed by atoms with Crippen molar-refractivity contribution >= 4 is 52.5 Å². The van der Waals surface area contributed by atoms with Gasteiger partial charge in [0.1, 0.15) is 5.57 Å². The molecule has 5 nitrogen and oxygen atoms in total. The maximum Gasteiger partial charge on any atom is 0.265 e. The molecule has 25 heavy (non-hydrogen) atoms. The molecule has 0 spiro atoms. The fraction of sp³-hybridized carbons (Fsp3) is 0.389. The molecule has 1 fully saturated rings. The van der Waals surface area contributed by atoms with Crippen LogP contribution in [-0.4, -0.2) is 47.3 Å². The molecular weight excluding hydrogens is 358 g/mol. The molecule has 132 valence electrons. The number of halogens is 1. The van der Waals surface area contributed by atoms with Gasteiger partial charge in [-0.05, 0) is 61.3 Å². The van der Waals surface area contributed by atoms with Gasteiger partial charge in [-0.3, -0.25) is 19.8 Å². The number of amides is 2. The molecular formula is C18H20ClN3O2S. The zero-order valence-electron chi connectivity index (χ0n) is 14.0. The number of hydrogen-bond donors (Lipinski definition) is 1. The van der Waals surface area contributed by atoms with Gasteiger partial charge in [-0.2, -0.15) is 0 Å². The second kappa shape index (κ2) is 7.54. The molecule has 0 atom stereocenters. The van der Waals surface area contributed by atoms with Crippen molar-refractivity contribution in [3.05, 3.63) is 34.9 Å². The van der Waals surface area contributed by atoms with Crippen molar-refractivity contribution in [2.75, 3.05) is 30.4 Å². The highest BCUT2D eigenvalue weighted by Crippen LogP contribution is 2.30. The minimum absolute atomic E-state index is 0.118. The summed E-state index contributed by atoms with van der Waals surface area (Å²) < 4.78 is 0. The van der Waals surface area contributed by atoms with Crippen molar-refractivity contribution in [3.63, 3.8) is 0 Å². The summed E-state index contributed by atoms with van der Waals surface area (Å²) in [6.07, 6.45) is 3.55. The van der Waals surface area contributed by atoms with E-state index in [1.165, 1.54) is 16.2 Å². The van der Waals surface area contributed by atoms with Gasteiger partial charge in [-0.1, -0.05) is 6.07 Å². The minimum atomic E-state index is -0.441. The van der Waals surface area contributed by atoms with Gasteiger partial charge in [0.15, 0.2) is 5.11 Å². The number of benzene rings is 1. The zero-order chi connectivity index (χ0) is 18.0. The van der Waals surface area contributed by atoms with Crippen LogP contribution >= 0.6 is 23.8 Å². The van der Waals surface area contributed by atoms with Gasteiger partial charge in [-0.25, -0.2) is 0 Å². The average Bonchev–Trinajstić information content (AvgIpc) is 2.99. The average molecular weight is 378 g/mol. The van der Waals surface area contributed by atoms with Gasteiger partial charge in [-0.15, -0.1) is 11.6 Å². The third-order valence-electron chi connectivity index (χ3n) is 4.47. The second-order valence-corrected chi connectivity index (χ2v) is 6.80. The van der Waals surface area contributed by atoms with Crippen molar-refractivity contribution < 1.29 is 9.59 Å². The van der Waals surface area contributed by atoms with Crippen LogP contribution in [0.3, 0.4) is 0 Å². The third kappa shape index (κ3) is 3.55. The fourth-order valence-corrected chi connectivity index (χ4v) is 3.63. The van der Waals surface area contributed by atoms with E-state index < -0.39 is 5.91 Å². The molecule has 0 unspecified atom stereocenters. The number of nitrogens with zero attached hydrogens (tertiary/aromatic N) is 2. The highest BCUT2D eigenvalue weighted by molar-refractivity contribution is 7.80. The lowest BCUT2D eigenvalue weighted by atomic mass is 10.0. The SMILES string of the molecule is CCN1C(=O)C(=Cc2ccc3c(c2)CCN3CCCCl)C(=O)NC1=S. The predicted octanol–water partition coefficient (Wildman–Crippen LogP) is 2.32.